The van der Waals surface area contributed by atoms with E-state index in [0.29, 0.717) is 62.8 Å². The van der Waals surface area contributed by atoms with Crippen molar-refractivity contribution in [2.45, 2.75) is 36.1 Å². The van der Waals surface area contributed by atoms with E-state index < -0.39 is 5.92 Å². The minimum absolute atomic E-state index is 0.0239. The van der Waals surface area contributed by atoms with Crippen LogP contribution in [0.3, 0.4) is 0 Å². The molecule has 1 aliphatic heterocycles. The number of benzene rings is 2. The Morgan fingerprint density at radius 1 is 1.11 bits per heavy atom. The molecule has 9 heteroatoms. The first-order valence-corrected chi connectivity index (χ1v) is 12.6. The van der Waals surface area contributed by atoms with Gasteiger partial charge >= 0.3 is 0 Å². The van der Waals surface area contributed by atoms with Crippen LogP contribution >= 0.6 is 23.4 Å². The lowest BCUT2D eigenvalue weighted by molar-refractivity contribution is -0.116. The van der Waals surface area contributed by atoms with Gasteiger partial charge in [0.05, 0.1) is 25.7 Å². The van der Waals surface area contributed by atoms with Crippen LogP contribution < -0.4 is 20.3 Å². The highest BCUT2D eigenvalue weighted by molar-refractivity contribution is 7.98. The van der Waals surface area contributed by atoms with Crippen LogP contribution in [0.2, 0.25) is 5.02 Å². The lowest BCUT2D eigenvalue weighted by Gasteiger charge is -2.33. The van der Waals surface area contributed by atoms with E-state index in [9.17, 15) is 9.59 Å². The Balaban J connectivity index is 1.62. The van der Waals surface area contributed by atoms with Gasteiger partial charge in [0.2, 0.25) is 0 Å². The molecule has 0 radical (unpaired) electrons. The number of hydrogen-bond acceptors (Lipinski definition) is 7. The van der Waals surface area contributed by atoms with E-state index >= 15 is 0 Å². The molecule has 0 saturated carbocycles. The second-order valence-corrected chi connectivity index (χ2v) is 9.72. The highest BCUT2D eigenvalue weighted by atomic mass is 35.5. The summed E-state index contributed by atoms with van der Waals surface area (Å²) < 4.78 is 11.1. The molecule has 1 atom stereocenters. The Bertz CT molecular complexity index is 1400. The van der Waals surface area contributed by atoms with Crippen LogP contribution in [0.4, 0.5) is 5.82 Å². The maximum absolute atomic E-state index is 13.5. The summed E-state index contributed by atoms with van der Waals surface area (Å²) in [4.78, 5) is 34.3. The summed E-state index contributed by atoms with van der Waals surface area (Å²) in [5, 5.41) is 4.44. The molecule has 1 aliphatic carbocycles. The average molecular weight is 510 g/mol. The van der Waals surface area contributed by atoms with Gasteiger partial charge in [-0.2, -0.15) is 0 Å². The molecule has 1 aromatic heterocycles. The molecule has 2 heterocycles. The van der Waals surface area contributed by atoms with Gasteiger partial charge in [0.25, 0.3) is 5.56 Å². The molecule has 35 heavy (non-hydrogen) atoms. The van der Waals surface area contributed by atoms with Gasteiger partial charge in [-0.15, -0.1) is 0 Å². The number of methoxy groups -OCH3 is 2. The Morgan fingerprint density at radius 3 is 2.71 bits per heavy atom. The van der Waals surface area contributed by atoms with Crippen molar-refractivity contribution in [2.24, 2.45) is 0 Å². The predicted octanol–water partition coefficient (Wildman–Crippen LogP) is 5.30. The van der Waals surface area contributed by atoms with Crippen molar-refractivity contribution in [3.63, 3.8) is 0 Å². The van der Waals surface area contributed by atoms with E-state index in [1.165, 1.54) is 11.8 Å². The van der Waals surface area contributed by atoms with Crippen molar-refractivity contribution < 1.29 is 14.3 Å². The third-order valence-corrected chi connectivity index (χ3v) is 7.60. The number of thioether (sulfide) groups is 1. The first-order valence-electron chi connectivity index (χ1n) is 11.3. The largest absolute Gasteiger partial charge is 0.497 e. The molecule has 0 spiro atoms. The third-order valence-electron chi connectivity index (χ3n) is 6.31. The van der Waals surface area contributed by atoms with Crippen LogP contribution in [0.5, 0.6) is 11.5 Å². The molecule has 2 aliphatic rings. The van der Waals surface area contributed by atoms with Crippen molar-refractivity contribution in [3.8, 4) is 11.5 Å². The number of hydrogen-bond donors (Lipinski definition) is 2. The Kier molecular flexibility index (Phi) is 6.58. The average Bonchev–Trinajstić information content (AvgIpc) is 2.86. The number of rotatable bonds is 6. The second kappa shape index (κ2) is 9.79. The molecule has 0 amide bonds. The number of aromatic nitrogens is 2. The lowest BCUT2D eigenvalue weighted by Crippen LogP contribution is -2.33. The number of nitrogens with zero attached hydrogens (tertiary/aromatic N) is 1. The number of nitrogens with one attached hydrogen (secondary N) is 2. The minimum Gasteiger partial charge on any atom is -0.497 e. The van der Waals surface area contributed by atoms with E-state index in [1.807, 2.05) is 30.3 Å². The first-order chi connectivity index (χ1) is 17.0. The van der Waals surface area contributed by atoms with E-state index in [2.05, 4.69) is 10.3 Å². The summed E-state index contributed by atoms with van der Waals surface area (Å²) in [5.74, 6) is 1.61. The summed E-state index contributed by atoms with van der Waals surface area (Å²) >= 11 is 7.69. The van der Waals surface area contributed by atoms with Crippen LogP contribution in [0.25, 0.3) is 0 Å². The van der Waals surface area contributed by atoms with Crippen molar-refractivity contribution in [2.75, 3.05) is 19.5 Å². The summed E-state index contributed by atoms with van der Waals surface area (Å²) in [6, 6.07) is 13.0. The van der Waals surface area contributed by atoms with Crippen LogP contribution in [0.1, 0.15) is 41.9 Å². The Hall–Kier alpha value is -3.23. The Morgan fingerprint density at radius 2 is 1.94 bits per heavy atom. The van der Waals surface area contributed by atoms with E-state index in [0.717, 1.165) is 17.7 Å². The number of aromatic amines is 1. The smallest absolute Gasteiger partial charge is 0.257 e. The SMILES string of the molecule is COc1ccc(OC)c([C@H]2C3=C(CCCC3=O)Nc3nc(SCc4ccccc4Cl)[nH]c(=O)c32)c1. The van der Waals surface area contributed by atoms with Gasteiger partial charge in [0.15, 0.2) is 10.9 Å². The number of fused-ring (bicyclic) bond motifs is 1. The normalized spacial score (nSPS) is 16.9. The van der Waals surface area contributed by atoms with Crippen molar-refractivity contribution in [3.05, 3.63) is 85.8 Å². The number of H-pyrrole nitrogens is 1. The fourth-order valence-corrected chi connectivity index (χ4v) is 5.79. The number of anilines is 1. The molecule has 3 aromatic rings. The number of ether oxygens (including phenoxy) is 2. The van der Waals surface area contributed by atoms with E-state index in [4.69, 9.17) is 26.1 Å². The quantitative estimate of drug-likeness (QED) is 0.344. The lowest BCUT2D eigenvalue weighted by atomic mass is 9.76. The molecule has 180 valence electrons. The molecular weight excluding hydrogens is 486 g/mol. The summed E-state index contributed by atoms with van der Waals surface area (Å²) in [6.07, 6.45) is 1.90. The van der Waals surface area contributed by atoms with Crippen LogP contribution in [0, 0.1) is 0 Å². The zero-order valence-corrected chi connectivity index (χ0v) is 20.9. The number of halogens is 1. The van der Waals surface area contributed by atoms with Crippen LogP contribution in [-0.2, 0) is 10.5 Å². The topological polar surface area (TPSA) is 93.3 Å². The predicted molar refractivity (Wildman–Crippen MR) is 137 cm³/mol. The summed E-state index contributed by atoms with van der Waals surface area (Å²) in [5.41, 5.74) is 3.15. The molecular formula is C26H24ClN3O4S. The van der Waals surface area contributed by atoms with Gasteiger partial charge in [-0.1, -0.05) is 41.6 Å². The molecule has 2 aromatic carbocycles. The summed E-state index contributed by atoms with van der Waals surface area (Å²) in [6.45, 7) is 0. The van der Waals surface area contributed by atoms with Crippen molar-refractivity contribution in [1.82, 2.24) is 9.97 Å². The van der Waals surface area contributed by atoms with E-state index in [1.54, 1.807) is 26.4 Å². The molecule has 0 bridgehead atoms. The first kappa shape index (κ1) is 23.5. The molecule has 2 N–H and O–H groups in total. The summed E-state index contributed by atoms with van der Waals surface area (Å²) in [7, 11) is 3.15. The fraction of sp³-hybridized carbons (Fsp3) is 0.269. The van der Waals surface area contributed by atoms with Gasteiger partial charge in [-0.05, 0) is 42.7 Å². The number of Topliss-reactive ketones (excluding diaryl/α,β-unsaturated/α-hetero) is 1. The molecule has 7 nitrogen and oxygen atoms in total. The number of carbonyl (C=O) groups is 1. The van der Waals surface area contributed by atoms with Crippen LogP contribution in [0.15, 0.2) is 63.7 Å². The monoisotopic (exact) mass is 509 g/mol. The minimum atomic E-state index is -0.613. The Labute approximate surface area is 211 Å². The van der Waals surface area contributed by atoms with Crippen LogP contribution in [-0.4, -0.2) is 30.0 Å². The highest BCUT2D eigenvalue weighted by Gasteiger charge is 2.39. The van der Waals surface area contributed by atoms with Gasteiger partial charge in [0.1, 0.15) is 17.3 Å². The molecule has 0 unspecified atom stereocenters. The zero-order chi connectivity index (χ0) is 24.5. The highest BCUT2D eigenvalue weighted by Crippen LogP contribution is 2.46. The van der Waals surface area contributed by atoms with Gasteiger partial charge in [0, 0.05) is 34.0 Å². The number of carbonyl (C=O) groups excluding carboxylic acids is 1. The maximum Gasteiger partial charge on any atom is 0.257 e. The second-order valence-electron chi connectivity index (χ2n) is 8.35. The number of allylic oxidation sites excluding steroid dienone is 2. The van der Waals surface area contributed by atoms with Crippen molar-refractivity contribution in [1.29, 1.82) is 0 Å². The standard InChI is InChI=1S/C26H24ClN3O4S/c1-33-15-10-11-20(34-2)16(12-15)21-22-18(8-5-9-19(22)31)28-24-23(21)25(32)30-26(29-24)35-13-14-6-3-4-7-17(14)27/h3-4,6-7,10-12,21H,5,8-9,13H2,1-2H3,(H2,28,29,30,32)/t21-/m0/s1. The number of ketones is 1. The van der Waals surface area contributed by atoms with Crippen molar-refractivity contribution >= 4 is 35.0 Å². The van der Waals surface area contributed by atoms with Gasteiger partial charge < -0.3 is 19.8 Å². The maximum atomic E-state index is 13.5. The van der Waals surface area contributed by atoms with Gasteiger partial charge in [-0.25, -0.2) is 4.98 Å². The van der Waals surface area contributed by atoms with E-state index in [-0.39, 0.29) is 11.3 Å². The molecule has 0 saturated heterocycles. The fourth-order valence-electron chi connectivity index (χ4n) is 4.65. The molecule has 0 fully saturated rings. The third kappa shape index (κ3) is 4.44. The van der Waals surface area contributed by atoms with Gasteiger partial charge in [-0.3, -0.25) is 9.59 Å². The zero-order valence-electron chi connectivity index (χ0n) is 19.3. The molecule has 5 rings (SSSR count).